The predicted octanol–water partition coefficient (Wildman–Crippen LogP) is 6.60. The maximum Gasteiger partial charge on any atom is 0.240 e. The first-order chi connectivity index (χ1) is 17.4. The minimum atomic E-state index is -0.377. The third-order valence-corrected chi connectivity index (χ3v) is 5.93. The molecule has 0 saturated heterocycles. The predicted molar refractivity (Wildman–Crippen MR) is 146 cm³/mol. The summed E-state index contributed by atoms with van der Waals surface area (Å²) < 4.78 is 12.3. The molecule has 3 aromatic rings. The molecule has 0 fully saturated rings. The van der Waals surface area contributed by atoms with Gasteiger partial charge in [-0.3, -0.25) is 9.59 Å². The van der Waals surface area contributed by atoms with Crippen LogP contribution in [0.15, 0.2) is 70.2 Å². The molecule has 0 aliphatic carbocycles. The average Bonchev–Trinajstić information content (AvgIpc) is 2.84. The molecule has 0 aliphatic heterocycles. The van der Waals surface area contributed by atoms with Gasteiger partial charge in [0.2, 0.25) is 11.8 Å². The Bertz CT molecular complexity index is 1240. The fraction of sp³-hybridized carbons (Fsp3) is 0.192. The average molecular weight is 593 g/mol. The van der Waals surface area contributed by atoms with Crippen LogP contribution in [-0.2, 0) is 16.2 Å². The summed E-state index contributed by atoms with van der Waals surface area (Å²) in [6, 6.07) is 17.8. The number of hydrogen-bond acceptors (Lipinski definition) is 5. The molecule has 0 radical (unpaired) electrons. The zero-order valence-electron chi connectivity index (χ0n) is 19.4. The standard InChI is InChI=1S/C26H24BrCl2N3O4/c1-2-35-23-13-17(12-21(27)26(23)36-16-18-8-9-19(28)14-22(18)29)15-30-32-25(34)11-10-24(33)31-20-6-4-3-5-7-20/h3-9,12-15H,2,10-11,16H2,1H3,(H,31,33)(H,32,34). The summed E-state index contributed by atoms with van der Waals surface area (Å²) in [7, 11) is 0. The Hall–Kier alpha value is -3.07. The van der Waals surface area contributed by atoms with Crippen molar-refractivity contribution in [2.24, 2.45) is 5.10 Å². The molecule has 0 atom stereocenters. The van der Waals surface area contributed by atoms with Crippen molar-refractivity contribution in [1.82, 2.24) is 5.43 Å². The van der Waals surface area contributed by atoms with Crippen LogP contribution in [0.25, 0.3) is 0 Å². The lowest BCUT2D eigenvalue weighted by atomic mass is 10.2. The lowest BCUT2D eigenvalue weighted by molar-refractivity contribution is -0.124. The van der Waals surface area contributed by atoms with Crippen LogP contribution in [0, 0.1) is 0 Å². The third-order valence-electron chi connectivity index (χ3n) is 4.76. The van der Waals surface area contributed by atoms with Gasteiger partial charge in [0.05, 0.1) is 17.3 Å². The Morgan fingerprint density at radius 2 is 1.75 bits per heavy atom. The number of halogens is 3. The number of nitrogens with zero attached hydrogens (tertiary/aromatic N) is 1. The summed E-state index contributed by atoms with van der Waals surface area (Å²) in [5.74, 6) is 0.384. The van der Waals surface area contributed by atoms with Crippen LogP contribution < -0.4 is 20.2 Å². The van der Waals surface area contributed by atoms with Crippen molar-refractivity contribution in [3.63, 3.8) is 0 Å². The van der Waals surface area contributed by atoms with Gasteiger partial charge in [0.1, 0.15) is 6.61 Å². The van der Waals surface area contributed by atoms with Gasteiger partial charge < -0.3 is 14.8 Å². The van der Waals surface area contributed by atoms with E-state index in [2.05, 4.69) is 31.8 Å². The number of benzene rings is 3. The second kappa shape index (κ2) is 13.9. The quantitative estimate of drug-likeness (QED) is 0.194. The minimum Gasteiger partial charge on any atom is -0.490 e. The van der Waals surface area contributed by atoms with Gasteiger partial charge in [-0.15, -0.1) is 0 Å². The zero-order chi connectivity index (χ0) is 25.9. The van der Waals surface area contributed by atoms with Crippen LogP contribution >= 0.6 is 39.1 Å². The molecule has 0 saturated carbocycles. The highest BCUT2D eigenvalue weighted by molar-refractivity contribution is 9.10. The van der Waals surface area contributed by atoms with Crippen molar-refractivity contribution >= 4 is 62.8 Å². The normalized spacial score (nSPS) is 10.8. The van der Waals surface area contributed by atoms with Gasteiger partial charge in [-0.05, 0) is 64.8 Å². The van der Waals surface area contributed by atoms with Crippen molar-refractivity contribution in [3.8, 4) is 11.5 Å². The number of nitrogens with one attached hydrogen (secondary N) is 2. The first kappa shape index (κ1) is 27.5. The number of hydrogen-bond donors (Lipinski definition) is 2. The number of rotatable bonds is 11. The van der Waals surface area contributed by atoms with Gasteiger partial charge in [-0.1, -0.05) is 47.5 Å². The summed E-state index contributed by atoms with van der Waals surface area (Å²) in [6.07, 6.45) is 1.53. The highest BCUT2D eigenvalue weighted by atomic mass is 79.9. The fourth-order valence-corrected chi connectivity index (χ4v) is 4.10. The van der Waals surface area contributed by atoms with Crippen LogP contribution in [0.4, 0.5) is 5.69 Å². The van der Waals surface area contributed by atoms with Gasteiger partial charge in [0.15, 0.2) is 11.5 Å². The summed E-state index contributed by atoms with van der Waals surface area (Å²) >= 11 is 15.7. The Balaban J connectivity index is 1.56. The molecular weight excluding hydrogens is 569 g/mol. The van der Waals surface area contributed by atoms with Crippen molar-refractivity contribution in [3.05, 3.63) is 86.3 Å². The maximum absolute atomic E-state index is 12.1. The second-order valence-electron chi connectivity index (χ2n) is 7.49. The number of ether oxygens (including phenoxy) is 2. The van der Waals surface area contributed by atoms with Gasteiger partial charge in [-0.2, -0.15) is 5.10 Å². The van der Waals surface area contributed by atoms with E-state index < -0.39 is 0 Å². The summed E-state index contributed by atoms with van der Waals surface area (Å²) in [6.45, 7) is 2.51. The lowest BCUT2D eigenvalue weighted by Crippen LogP contribution is -2.20. The molecule has 2 N–H and O–H groups in total. The molecule has 0 bridgehead atoms. The van der Waals surface area contributed by atoms with Gasteiger partial charge in [0.25, 0.3) is 0 Å². The number of carbonyl (C=O) groups is 2. The Kier molecular flexibility index (Phi) is 10.6. The summed E-state index contributed by atoms with van der Waals surface area (Å²) in [5, 5.41) is 7.77. The van der Waals surface area contributed by atoms with Crippen molar-refractivity contribution in [2.45, 2.75) is 26.4 Å². The number of hydrazone groups is 1. The topological polar surface area (TPSA) is 89.0 Å². The fourth-order valence-electron chi connectivity index (χ4n) is 3.06. The largest absolute Gasteiger partial charge is 0.490 e. The zero-order valence-corrected chi connectivity index (χ0v) is 22.5. The highest BCUT2D eigenvalue weighted by Gasteiger charge is 2.13. The van der Waals surface area contributed by atoms with Crippen LogP contribution in [0.2, 0.25) is 10.0 Å². The van der Waals surface area contributed by atoms with E-state index in [0.29, 0.717) is 43.9 Å². The molecule has 188 valence electrons. The van der Waals surface area contributed by atoms with E-state index in [-0.39, 0.29) is 31.3 Å². The Morgan fingerprint density at radius 1 is 1.00 bits per heavy atom. The minimum absolute atomic E-state index is 0.00390. The van der Waals surface area contributed by atoms with Gasteiger partial charge >= 0.3 is 0 Å². The van der Waals surface area contributed by atoms with Crippen LogP contribution in [0.3, 0.4) is 0 Å². The first-order valence-corrected chi connectivity index (χ1v) is 12.6. The highest BCUT2D eigenvalue weighted by Crippen LogP contribution is 2.37. The molecule has 7 nitrogen and oxygen atoms in total. The van der Waals surface area contributed by atoms with Gasteiger partial charge in [0, 0.05) is 34.1 Å². The van der Waals surface area contributed by atoms with Crippen LogP contribution in [0.1, 0.15) is 30.9 Å². The summed E-state index contributed by atoms with van der Waals surface area (Å²) in [4.78, 5) is 24.1. The van der Waals surface area contributed by atoms with Crippen LogP contribution in [0.5, 0.6) is 11.5 Å². The molecule has 0 heterocycles. The Morgan fingerprint density at radius 3 is 2.47 bits per heavy atom. The maximum atomic E-state index is 12.1. The molecule has 0 aliphatic rings. The van der Waals surface area contributed by atoms with E-state index in [1.807, 2.05) is 25.1 Å². The number of amides is 2. The van der Waals surface area contributed by atoms with E-state index in [1.165, 1.54) is 6.21 Å². The molecule has 0 spiro atoms. The third kappa shape index (κ3) is 8.55. The van der Waals surface area contributed by atoms with E-state index in [9.17, 15) is 9.59 Å². The molecule has 2 amide bonds. The van der Waals surface area contributed by atoms with E-state index in [1.54, 1.807) is 42.5 Å². The smallest absolute Gasteiger partial charge is 0.240 e. The SMILES string of the molecule is CCOc1cc(C=NNC(=O)CCC(=O)Nc2ccccc2)cc(Br)c1OCc1ccc(Cl)cc1Cl. The van der Waals surface area contributed by atoms with Crippen molar-refractivity contribution in [2.75, 3.05) is 11.9 Å². The van der Waals surface area contributed by atoms with Crippen LogP contribution in [-0.4, -0.2) is 24.6 Å². The molecule has 0 unspecified atom stereocenters. The van der Waals surface area contributed by atoms with Crippen molar-refractivity contribution in [1.29, 1.82) is 0 Å². The molecule has 10 heteroatoms. The van der Waals surface area contributed by atoms with Gasteiger partial charge in [-0.25, -0.2) is 5.43 Å². The second-order valence-corrected chi connectivity index (χ2v) is 9.19. The van der Waals surface area contributed by atoms with E-state index in [4.69, 9.17) is 32.7 Å². The molecule has 36 heavy (non-hydrogen) atoms. The number of anilines is 1. The number of carbonyl (C=O) groups excluding carboxylic acids is 2. The lowest BCUT2D eigenvalue weighted by Gasteiger charge is -2.15. The first-order valence-electron chi connectivity index (χ1n) is 11.1. The summed E-state index contributed by atoms with van der Waals surface area (Å²) in [5.41, 5.74) is 4.56. The van der Waals surface area contributed by atoms with E-state index >= 15 is 0 Å². The molecule has 0 aromatic heterocycles. The molecule has 3 aromatic carbocycles. The molecular formula is C26H24BrCl2N3O4. The Labute approximate surface area is 227 Å². The van der Waals surface area contributed by atoms with Crippen molar-refractivity contribution < 1.29 is 19.1 Å². The molecule has 3 rings (SSSR count). The number of para-hydroxylation sites is 1. The monoisotopic (exact) mass is 591 g/mol. The van der Waals surface area contributed by atoms with E-state index in [0.717, 1.165) is 5.56 Å².